The maximum absolute atomic E-state index is 12.4. The number of carbonyl (C=O) groups is 1. The summed E-state index contributed by atoms with van der Waals surface area (Å²) in [5.41, 5.74) is 1.88. The van der Waals surface area contributed by atoms with E-state index >= 15 is 0 Å². The molecule has 1 heterocycles. The van der Waals surface area contributed by atoms with Gasteiger partial charge in [-0.3, -0.25) is 9.78 Å². The topological polar surface area (TPSA) is 81.7 Å². The second kappa shape index (κ2) is 8.62. The Morgan fingerprint density at radius 1 is 1.00 bits per heavy atom. The fourth-order valence-electron chi connectivity index (χ4n) is 3.28. The Hall–Kier alpha value is -2.96. The number of amides is 1. The Kier molecular flexibility index (Phi) is 6.01. The Balaban J connectivity index is 1.78. The van der Waals surface area contributed by atoms with Gasteiger partial charge in [0.05, 0.1) is 21.3 Å². The van der Waals surface area contributed by atoms with Crippen LogP contribution in [0, 0.1) is 0 Å². The van der Waals surface area contributed by atoms with E-state index in [1.54, 1.807) is 51.8 Å². The molecule has 1 fully saturated rings. The van der Waals surface area contributed by atoms with Crippen LogP contribution in [0.25, 0.3) is 0 Å². The fraction of sp³-hybridized carbons (Fsp3) is 0.400. The van der Waals surface area contributed by atoms with Crippen LogP contribution in [0.4, 0.5) is 11.4 Å². The number of anilines is 2. The van der Waals surface area contributed by atoms with Gasteiger partial charge in [0, 0.05) is 35.7 Å². The number of hydrogen-bond donors (Lipinski definition) is 2. The van der Waals surface area contributed by atoms with Crippen molar-refractivity contribution in [2.75, 3.05) is 26.6 Å². The number of ether oxygens (including phenoxy) is 3. The molecule has 1 aliphatic carbocycles. The second-order valence-electron chi connectivity index (χ2n) is 6.42. The molecule has 2 N–H and O–H groups in total. The van der Waals surface area contributed by atoms with E-state index in [1.165, 1.54) is 12.8 Å². The molecule has 0 atom stereocenters. The standard InChI is InChI=1S/C20H25N3O4/c1-25-17-11-15(12-18(26-2)19(17)27-3)22-14-8-9-21-16(10-14)20(24)23-13-6-4-5-7-13/h8-13H,4-7H2,1-3H3,(H,21,22)(H,23,24). The average molecular weight is 371 g/mol. The number of methoxy groups -OCH3 is 3. The van der Waals surface area contributed by atoms with Crippen molar-refractivity contribution < 1.29 is 19.0 Å². The zero-order chi connectivity index (χ0) is 19.2. The SMILES string of the molecule is COc1cc(Nc2ccnc(C(=O)NC3CCCC3)c2)cc(OC)c1OC. The van der Waals surface area contributed by atoms with Gasteiger partial charge in [0.2, 0.25) is 5.75 Å². The van der Waals surface area contributed by atoms with E-state index < -0.39 is 0 Å². The molecule has 144 valence electrons. The highest BCUT2D eigenvalue weighted by Crippen LogP contribution is 2.40. The first-order chi connectivity index (χ1) is 13.1. The number of pyridine rings is 1. The first-order valence-corrected chi connectivity index (χ1v) is 8.98. The Morgan fingerprint density at radius 2 is 1.67 bits per heavy atom. The van der Waals surface area contributed by atoms with Gasteiger partial charge in [0.25, 0.3) is 5.91 Å². The summed E-state index contributed by atoms with van der Waals surface area (Å²) in [7, 11) is 4.70. The molecule has 0 radical (unpaired) electrons. The summed E-state index contributed by atoms with van der Waals surface area (Å²) in [5.74, 6) is 1.48. The lowest BCUT2D eigenvalue weighted by Crippen LogP contribution is -2.33. The lowest BCUT2D eigenvalue weighted by molar-refractivity contribution is 0.0933. The second-order valence-corrected chi connectivity index (χ2v) is 6.42. The number of aromatic nitrogens is 1. The molecule has 0 bridgehead atoms. The third-order valence-corrected chi connectivity index (χ3v) is 4.64. The van der Waals surface area contributed by atoms with Crippen LogP contribution in [0.15, 0.2) is 30.5 Å². The molecule has 3 rings (SSSR count). The molecule has 1 aromatic carbocycles. The van der Waals surface area contributed by atoms with Crippen LogP contribution in [0.1, 0.15) is 36.2 Å². The van der Waals surface area contributed by atoms with Gasteiger partial charge < -0.3 is 24.8 Å². The zero-order valence-corrected chi connectivity index (χ0v) is 15.9. The first kappa shape index (κ1) is 18.8. The van der Waals surface area contributed by atoms with Crippen molar-refractivity contribution in [2.24, 2.45) is 0 Å². The first-order valence-electron chi connectivity index (χ1n) is 8.98. The van der Waals surface area contributed by atoms with Gasteiger partial charge in [0.15, 0.2) is 11.5 Å². The van der Waals surface area contributed by atoms with Crippen molar-refractivity contribution >= 4 is 17.3 Å². The monoisotopic (exact) mass is 371 g/mol. The number of nitrogens with zero attached hydrogens (tertiary/aromatic N) is 1. The van der Waals surface area contributed by atoms with Gasteiger partial charge >= 0.3 is 0 Å². The largest absolute Gasteiger partial charge is 0.493 e. The van der Waals surface area contributed by atoms with Crippen LogP contribution in [0.2, 0.25) is 0 Å². The van der Waals surface area contributed by atoms with Crippen molar-refractivity contribution in [2.45, 2.75) is 31.7 Å². The summed E-state index contributed by atoms with van der Waals surface area (Å²) in [4.78, 5) is 16.6. The predicted octanol–water partition coefficient (Wildman–Crippen LogP) is 3.52. The molecular weight excluding hydrogens is 346 g/mol. The molecule has 0 unspecified atom stereocenters. The van der Waals surface area contributed by atoms with Crippen molar-refractivity contribution in [1.29, 1.82) is 0 Å². The fourth-order valence-corrected chi connectivity index (χ4v) is 3.28. The van der Waals surface area contributed by atoms with Crippen LogP contribution < -0.4 is 24.8 Å². The van der Waals surface area contributed by atoms with Crippen LogP contribution in [0.5, 0.6) is 17.2 Å². The van der Waals surface area contributed by atoms with Gasteiger partial charge in [-0.1, -0.05) is 12.8 Å². The summed E-state index contributed by atoms with van der Waals surface area (Å²) in [5, 5.41) is 6.31. The van der Waals surface area contributed by atoms with Crippen molar-refractivity contribution in [1.82, 2.24) is 10.3 Å². The number of rotatable bonds is 7. The van der Waals surface area contributed by atoms with Crippen molar-refractivity contribution in [3.63, 3.8) is 0 Å². The number of benzene rings is 1. The molecule has 1 aliphatic rings. The summed E-state index contributed by atoms with van der Waals surface area (Å²) in [6.45, 7) is 0. The van der Waals surface area contributed by atoms with Gasteiger partial charge in [-0.25, -0.2) is 0 Å². The van der Waals surface area contributed by atoms with E-state index in [9.17, 15) is 4.79 Å². The van der Waals surface area contributed by atoms with Gasteiger partial charge in [-0.2, -0.15) is 0 Å². The van der Waals surface area contributed by atoms with Crippen LogP contribution in [-0.4, -0.2) is 38.3 Å². The molecule has 0 aliphatic heterocycles. The molecule has 0 saturated heterocycles. The van der Waals surface area contributed by atoms with E-state index in [4.69, 9.17) is 14.2 Å². The van der Waals surface area contributed by atoms with Crippen LogP contribution >= 0.6 is 0 Å². The van der Waals surface area contributed by atoms with Gasteiger partial charge in [-0.05, 0) is 25.0 Å². The molecular formula is C20H25N3O4. The summed E-state index contributed by atoms with van der Waals surface area (Å²) in [6, 6.07) is 7.40. The minimum Gasteiger partial charge on any atom is -0.493 e. The van der Waals surface area contributed by atoms with E-state index in [1.807, 2.05) is 0 Å². The number of hydrogen-bond acceptors (Lipinski definition) is 6. The lowest BCUT2D eigenvalue weighted by Gasteiger charge is -2.15. The van der Waals surface area contributed by atoms with Crippen LogP contribution in [0.3, 0.4) is 0 Å². The van der Waals surface area contributed by atoms with E-state index in [-0.39, 0.29) is 11.9 Å². The highest BCUT2D eigenvalue weighted by Gasteiger charge is 2.19. The molecule has 27 heavy (non-hydrogen) atoms. The molecule has 2 aromatic rings. The summed E-state index contributed by atoms with van der Waals surface area (Å²) < 4.78 is 16.1. The van der Waals surface area contributed by atoms with Gasteiger partial charge in [0.1, 0.15) is 5.69 Å². The number of nitrogens with one attached hydrogen (secondary N) is 2. The predicted molar refractivity (Wildman–Crippen MR) is 103 cm³/mol. The Morgan fingerprint density at radius 3 is 2.26 bits per heavy atom. The van der Waals surface area contributed by atoms with Gasteiger partial charge in [-0.15, -0.1) is 0 Å². The molecule has 1 aromatic heterocycles. The minimum absolute atomic E-state index is 0.143. The quantitative estimate of drug-likeness (QED) is 0.775. The average Bonchev–Trinajstić information content (AvgIpc) is 3.20. The van der Waals surface area contributed by atoms with E-state index in [0.29, 0.717) is 22.9 Å². The maximum Gasteiger partial charge on any atom is 0.270 e. The third kappa shape index (κ3) is 4.42. The maximum atomic E-state index is 12.4. The van der Waals surface area contributed by atoms with Crippen molar-refractivity contribution in [3.8, 4) is 17.2 Å². The van der Waals surface area contributed by atoms with Crippen molar-refractivity contribution in [3.05, 3.63) is 36.2 Å². The van der Waals surface area contributed by atoms with E-state index in [0.717, 1.165) is 24.2 Å². The molecule has 7 heteroatoms. The van der Waals surface area contributed by atoms with Crippen LogP contribution in [-0.2, 0) is 0 Å². The summed E-state index contributed by atoms with van der Waals surface area (Å²) >= 11 is 0. The minimum atomic E-state index is -0.143. The molecule has 1 saturated carbocycles. The number of carbonyl (C=O) groups excluding carboxylic acids is 1. The molecule has 0 spiro atoms. The normalized spacial score (nSPS) is 13.9. The smallest absolute Gasteiger partial charge is 0.270 e. The lowest BCUT2D eigenvalue weighted by atomic mass is 10.2. The Labute approximate surface area is 159 Å². The Bertz CT molecular complexity index is 779. The summed E-state index contributed by atoms with van der Waals surface area (Å²) in [6.07, 6.45) is 6.02. The zero-order valence-electron chi connectivity index (χ0n) is 15.9. The van der Waals surface area contributed by atoms with E-state index in [2.05, 4.69) is 15.6 Å². The third-order valence-electron chi connectivity index (χ3n) is 4.64. The highest BCUT2D eigenvalue weighted by molar-refractivity contribution is 5.93. The molecule has 7 nitrogen and oxygen atoms in total. The molecule has 1 amide bonds. The highest BCUT2D eigenvalue weighted by atomic mass is 16.5.